The summed E-state index contributed by atoms with van der Waals surface area (Å²) in [7, 11) is 0. The second-order valence-corrected chi connectivity index (χ2v) is 7.73. The minimum absolute atomic E-state index is 0.199. The van der Waals surface area contributed by atoms with E-state index in [0.29, 0.717) is 11.7 Å². The fourth-order valence-corrected chi connectivity index (χ4v) is 3.48. The molecule has 4 nitrogen and oxygen atoms in total. The third-order valence-corrected chi connectivity index (χ3v) is 5.02. The van der Waals surface area contributed by atoms with Crippen LogP contribution in [0.3, 0.4) is 0 Å². The Kier molecular flexibility index (Phi) is 6.61. The van der Waals surface area contributed by atoms with Gasteiger partial charge in [0.1, 0.15) is 5.75 Å². The highest BCUT2D eigenvalue weighted by molar-refractivity contribution is 7.16. The number of ether oxygens (including phenoxy) is 1. The summed E-state index contributed by atoms with van der Waals surface area (Å²) in [5.41, 5.74) is 4.11. The van der Waals surface area contributed by atoms with Crippen LogP contribution in [0.15, 0.2) is 54.6 Å². The maximum atomic E-state index is 12.2. The quantitative estimate of drug-likeness (QED) is 0.512. The van der Waals surface area contributed by atoms with Gasteiger partial charge >= 0.3 is 0 Å². The second-order valence-electron chi connectivity index (χ2n) is 6.53. The van der Waals surface area contributed by atoms with Crippen LogP contribution in [-0.4, -0.2) is 17.5 Å². The predicted molar refractivity (Wildman–Crippen MR) is 117 cm³/mol. The molecule has 28 heavy (non-hydrogen) atoms. The smallest absolute Gasteiger partial charge is 0.250 e. The molecule has 0 aliphatic heterocycles. The number of nitrogens with zero attached hydrogens (tertiary/aromatic N) is 1. The van der Waals surface area contributed by atoms with Crippen LogP contribution in [0, 0.1) is 13.8 Å². The Labute approximate surface area is 169 Å². The first-order chi connectivity index (χ1) is 13.5. The number of carbonyl (C=O) groups is 1. The van der Waals surface area contributed by atoms with Crippen LogP contribution >= 0.6 is 11.3 Å². The number of thiazole rings is 1. The van der Waals surface area contributed by atoms with Crippen molar-refractivity contribution < 1.29 is 9.53 Å². The number of benzene rings is 2. The van der Waals surface area contributed by atoms with Crippen LogP contribution in [0.5, 0.6) is 5.75 Å². The van der Waals surface area contributed by atoms with Crippen LogP contribution in [0.25, 0.3) is 17.3 Å². The zero-order valence-corrected chi connectivity index (χ0v) is 17.2. The maximum Gasteiger partial charge on any atom is 0.250 e. The van der Waals surface area contributed by atoms with E-state index in [4.69, 9.17) is 4.74 Å². The van der Waals surface area contributed by atoms with Crippen LogP contribution in [0.4, 0.5) is 5.13 Å². The molecular formula is C23H24N2O2S. The molecule has 0 atom stereocenters. The number of aryl methyl sites for hydroxylation is 2. The van der Waals surface area contributed by atoms with Gasteiger partial charge in [0.2, 0.25) is 5.91 Å². The molecule has 0 fully saturated rings. The van der Waals surface area contributed by atoms with Crippen LogP contribution in [-0.2, 0) is 4.79 Å². The molecule has 2 aromatic carbocycles. The summed E-state index contributed by atoms with van der Waals surface area (Å²) < 4.78 is 5.56. The van der Waals surface area contributed by atoms with Gasteiger partial charge in [-0.2, -0.15) is 0 Å². The molecule has 3 rings (SSSR count). The Bertz CT molecular complexity index is 957. The molecule has 0 unspecified atom stereocenters. The number of anilines is 1. The van der Waals surface area contributed by atoms with Crippen molar-refractivity contribution in [2.45, 2.75) is 27.2 Å². The van der Waals surface area contributed by atoms with Gasteiger partial charge in [-0.25, -0.2) is 4.98 Å². The van der Waals surface area contributed by atoms with E-state index in [0.717, 1.165) is 33.9 Å². The van der Waals surface area contributed by atoms with E-state index in [-0.39, 0.29) is 5.91 Å². The molecule has 0 spiro atoms. The summed E-state index contributed by atoms with van der Waals surface area (Å²) in [6, 6.07) is 15.9. The monoisotopic (exact) mass is 392 g/mol. The van der Waals surface area contributed by atoms with E-state index in [2.05, 4.69) is 48.4 Å². The van der Waals surface area contributed by atoms with Gasteiger partial charge in [-0.3, -0.25) is 10.1 Å². The lowest BCUT2D eigenvalue weighted by atomic mass is 10.1. The van der Waals surface area contributed by atoms with Crippen molar-refractivity contribution in [3.63, 3.8) is 0 Å². The summed E-state index contributed by atoms with van der Waals surface area (Å²) in [4.78, 5) is 17.9. The first-order valence-electron chi connectivity index (χ1n) is 9.31. The Hall–Kier alpha value is -2.92. The average molecular weight is 393 g/mol. The van der Waals surface area contributed by atoms with Crippen molar-refractivity contribution in [1.29, 1.82) is 0 Å². The summed E-state index contributed by atoms with van der Waals surface area (Å²) in [6.07, 6.45) is 4.27. The van der Waals surface area contributed by atoms with Crippen molar-refractivity contribution in [3.8, 4) is 17.0 Å². The molecule has 0 saturated carbocycles. The van der Waals surface area contributed by atoms with E-state index in [9.17, 15) is 4.79 Å². The van der Waals surface area contributed by atoms with E-state index in [1.54, 1.807) is 6.08 Å². The first-order valence-corrected chi connectivity index (χ1v) is 10.1. The number of rotatable bonds is 7. The highest BCUT2D eigenvalue weighted by atomic mass is 32.1. The SMILES string of the molecule is CCCOc1ccc(C=CC(=O)Nc2nc(-c3ccc(C)cc3)c(C)s2)cc1. The number of nitrogens with one attached hydrogen (secondary N) is 1. The molecule has 1 heterocycles. The van der Waals surface area contributed by atoms with E-state index in [1.165, 1.54) is 23.0 Å². The van der Waals surface area contributed by atoms with Gasteiger partial charge in [0, 0.05) is 16.5 Å². The molecule has 0 bridgehead atoms. The third kappa shape index (κ3) is 5.30. The molecule has 1 aromatic heterocycles. The number of hydrogen-bond acceptors (Lipinski definition) is 4. The Morgan fingerprint density at radius 1 is 1.11 bits per heavy atom. The molecule has 0 radical (unpaired) electrons. The van der Waals surface area contributed by atoms with Crippen molar-refractivity contribution >= 4 is 28.5 Å². The Morgan fingerprint density at radius 3 is 2.50 bits per heavy atom. The van der Waals surface area contributed by atoms with Crippen molar-refractivity contribution in [3.05, 3.63) is 70.6 Å². The minimum atomic E-state index is -0.199. The number of carbonyl (C=O) groups excluding carboxylic acids is 1. The van der Waals surface area contributed by atoms with Gasteiger partial charge in [-0.1, -0.05) is 48.9 Å². The fraction of sp³-hybridized carbons (Fsp3) is 0.217. The van der Waals surface area contributed by atoms with Gasteiger partial charge < -0.3 is 4.74 Å². The summed E-state index contributed by atoms with van der Waals surface area (Å²) in [5.74, 6) is 0.640. The van der Waals surface area contributed by atoms with Crippen LogP contribution < -0.4 is 10.1 Å². The fourth-order valence-electron chi connectivity index (χ4n) is 2.64. The molecule has 3 aromatic rings. The normalized spacial score (nSPS) is 11.0. The minimum Gasteiger partial charge on any atom is -0.494 e. The average Bonchev–Trinajstić information content (AvgIpc) is 3.06. The molecular weight excluding hydrogens is 368 g/mol. The first kappa shape index (κ1) is 19.8. The highest BCUT2D eigenvalue weighted by Gasteiger charge is 2.11. The molecule has 0 saturated heterocycles. The molecule has 1 N–H and O–H groups in total. The summed E-state index contributed by atoms with van der Waals surface area (Å²) >= 11 is 1.48. The zero-order valence-electron chi connectivity index (χ0n) is 16.4. The molecule has 5 heteroatoms. The lowest BCUT2D eigenvalue weighted by Gasteiger charge is -2.04. The van der Waals surface area contributed by atoms with E-state index >= 15 is 0 Å². The molecule has 0 aliphatic carbocycles. The van der Waals surface area contributed by atoms with Crippen molar-refractivity contribution in [1.82, 2.24) is 4.98 Å². The van der Waals surface area contributed by atoms with Gasteiger partial charge in [0.25, 0.3) is 0 Å². The number of hydrogen-bond donors (Lipinski definition) is 1. The second kappa shape index (κ2) is 9.33. The maximum absolute atomic E-state index is 12.2. The number of aromatic nitrogens is 1. The largest absolute Gasteiger partial charge is 0.494 e. The highest BCUT2D eigenvalue weighted by Crippen LogP contribution is 2.30. The lowest BCUT2D eigenvalue weighted by molar-refractivity contribution is -0.111. The predicted octanol–water partition coefficient (Wildman–Crippen LogP) is 5.87. The Balaban J connectivity index is 1.62. The van der Waals surface area contributed by atoms with Crippen molar-refractivity contribution in [2.24, 2.45) is 0 Å². The van der Waals surface area contributed by atoms with E-state index in [1.807, 2.05) is 31.2 Å². The molecule has 144 valence electrons. The third-order valence-electron chi connectivity index (χ3n) is 4.13. The lowest BCUT2D eigenvalue weighted by Crippen LogP contribution is -2.07. The van der Waals surface area contributed by atoms with Gasteiger partial charge in [0.15, 0.2) is 5.13 Å². The Morgan fingerprint density at radius 2 is 1.82 bits per heavy atom. The van der Waals surface area contributed by atoms with Gasteiger partial charge in [-0.15, -0.1) is 11.3 Å². The van der Waals surface area contributed by atoms with Crippen LogP contribution in [0.2, 0.25) is 0 Å². The van der Waals surface area contributed by atoms with Crippen molar-refractivity contribution in [2.75, 3.05) is 11.9 Å². The summed E-state index contributed by atoms with van der Waals surface area (Å²) in [6.45, 7) is 6.85. The molecule has 0 aliphatic rings. The van der Waals surface area contributed by atoms with Gasteiger partial charge in [-0.05, 0) is 44.0 Å². The summed E-state index contributed by atoms with van der Waals surface area (Å²) in [5, 5.41) is 3.45. The topological polar surface area (TPSA) is 51.2 Å². The van der Waals surface area contributed by atoms with E-state index < -0.39 is 0 Å². The zero-order chi connectivity index (χ0) is 19.9. The van der Waals surface area contributed by atoms with Crippen LogP contribution in [0.1, 0.15) is 29.3 Å². The molecule has 1 amide bonds. The van der Waals surface area contributed by atoms with Gasteiger partial charge in [0.05, 0.1) is 12.3 Å². The standard InChI is InChI=1S/C23H24N2O2S/c1-4-15-27-20-12-7-18(8-13-20)9-14-21(26)24-23-25-22(17(3)28-23)19-10-5-16(2)6-11-19/h5-14H,4,15H2,1-3H3,(H,24,25,26). The number of amides is 1.